The molecule has 0 aliphatic rings. The van der Waals surface area contributed by atoms with Crippen LogP contribution in [0.3, 0.4) is 0 Å². The first-order chi connectivity index (χ1) is 6.40. The molecule has 0 amide bonds. The highest BCUT2D eigenvalue weighted by Gasteiger charge is 2.17. The van der Waals surface area contributed by atoms with Crippen molar-refractivity contribution in [3.63, 3.8) is 0 Å². The van der Waals surface area contributed by atoms with Crippen molar-refractivity contribution in [1.29, 1.82) is 0 Å². The average molecular weight is 210 g/mol. The highest BCUT2D eigenvalue weighted by molar-refractivity contribution is 8.00. The van der Waals surface area contributed by atoms with Gasteiger partial charge in [0.2, 0.25) is 5.01 Å². The molecule has 2 nitrogen and oxygen atoms in total. The molecule has 1 aromatic carbocycles. The maximum Gasteiger partial charge on any atom is 0.493 e. The lowest BCUT2D eigenvalue weighted by Gasteiger charge is -1.87. The lowest BCUT2D eigenvalue weighted by molar-refractivity contribution is 0.358. The summed E-state index contributed by atoms with van der Waals surface area (Å²) < 4.78 is 5.99. The number of hydrogen-bond donors (Lipinski definition) is 0. The smallest absolute Gasteiger partial charge is 0.0622 e. The van der Waals surface area contributed by atoms with E-state index in [0.717, 1.165) is 15.0 Å². The largest absolute Gasteiger partial charge is 0.493 e. The molecule has 0 spiro atoms. The van der Waals surface area contributed by atoms with Crippen LogP contribution in [0, 0.1) is 0 Å². The zero-order valence-electron chi connectivity index (χ0n) is 7.06. The van der Waals surface area contributed by atoms with Crippen LogP contribution in [0.15, 0.2) is 39.3 Å². The van der Waals surface area contributed by atoms with Gasteiger partial charge >= 0.3 is 4.41 Å². The van der Waals surface area contributed by atoms with Crippen molar-refractivity contribution < 1.29 is 4.52 Å². The number of thioether (sulfide) groups is 1. The van der Waals surface area contributed by atoms with Crippen LogP contribution in [0.25, 0.3) is 10.6 Å². The van der Waals surface area contributed by atoms with Crippen molar-refractivity contribution in [2.45, 2.75) is 4.41 Å². The second-order valence-electron chi connectivity index (χ2n) is 2.41. The quantitative estimate of drug-likeness (QED) is 0.560. The Balaban J connectivity index is 2.36. The van der Waals surface area contributed by atoms with Gasteiger partial charge in [-0.1, -0.05) is 30.3 Å². The molecule has 0 saturated carbocycles. The Hall–Kier alpha value is -0.870. The molecular weight excluding hydrogens is 202 g/mol. The molecule has 0 N–H and O–H groups in total. The second kappa shape index (κ2) is 3.89. The minimum Gasteiger partial charge on any atom is -0.0622 e. The van der Waals surface area contributed by atoms with E-state index >= 15 is 0 Å². The van der Waals surface area contributed by atoms with Gasteiger partial charge in [-0.25, -0.2) is 0 Å². The average Bonchev–Trinajstić information content (AvgIpc) is 2.67. The number of aromatic nitrogens is 1. The van der Waals surface area contributed by atoms with Crippen LogP contribution in [-0.2, 0) is 0 Å². The minimum atomic E-state index is 0.888. The third kappa shape index (κ3) is 1.89. The lowest BCUT2D eigenvalue weighted by Crippen LogP contribution is -1.71. The molecule has 0 atom stereocenters. The van der Waals surface area contributed by atoms with Crippen LogP contribution < -0.4 is 0 Å². The summed E-state index contributed by atoms with van der Waals surface area (Å²) in [6.07, 6.45) is 1.98. The molecule has 0 fully saturated rings. The standard InChI is InChI=1S/C9H8NOS2/c1-12-9-11-10-8(13-9)7-5-3-2-4-6-7/h2-6H,1H3/q+1. The molecule has 0 radical (unpaired) electrons. The summed E-state index contributed by atoms with van der Waals surface area (Å²) in [4.78, 5) is 0. The first kappa shape index (κ1) is 8.72. The fourth-order valence-electron chi connectivity index (χ4n) is 0.966. The zero-order chi connectivity index (χ0) is 9.10. The molecular formula is C9H8NOS2+. The van der Waals surface area contributed by atoms with Crippen molar-refractivity contribution >= 4 is 23.1 Å². The number of rotatable bonds is 2. The van der Waals surface area contributed by atoms with Gasteiger partial charge in [-0.15, -0.1) is 0 Å². The fraction of sp³-hybridized carbons (Fsp3) is 0.111. The molecule has 1 heterocycles. The van der Waals surface area contributed by atoms with Crippen LogP contribution >= 0.6 is 23.1 Å². The van der Waals surface area contributed by atoms with Gasteiger partial charge in [0.1, 0.15) is 0 Å². The molecule has 13 heavy (non-hydrogen) atoms. The van der Waals surface area contributed by atoms with Crippen LogP contribution in [0.5, 0.6) is 0 Å². The van der Waals surface area contributed by atoms with E-state index in [-0.39, 0.29) is 0 Å². The maximum absolute atomic E-state index is 5.10. The predicted octanol–water partition coefficient (Wildman–Crippen LogP) is 3.41. The van der Waals surface area contributed by atoms with Gasteiger partial charge in [0, 0.05) is 16.9 Å². The molecule has 0 bridgehead atoms. The molecule has 4 heteroatoms. The molecule has 2 rings (SSSR count). The van der Waals surface area contributed by atoms with Gasteiger partial charge < -0.3 is 0 Å². The van der Waals surface area contributed by atoms with E-state index in [9.17, 15) is 0 Å². The van der Waals surface area contributed by atoms with E-state index in [0.29, 0.717) is 0 Å². The lowest BCUT2D eigenvalue weighted by atomic mass is 10.2. The SMILES string of the molecule is CSc1[o+]nc(-c2ccccc2)s1. The molecule has 2 aromatic rings. The van der Waals surface area contributed by atoms with Gasteiger partial charge in [0.15, 0.2) is 5.16 Å². The van der Waals surface area contributed by atoms with Crippen LogP contribution in [-0.4, -0.2) is 11.4 Å². The van der Waals surface area contributed by atoms with Crippen molar-refractivity contribution in [1.82, 2.24) is 5.16 Å². The van der Waals surface area contributed by atoms with E-state index in [1.54, 1.807) is 23.1 Å². The Morgan fingerprint density at radius 3 is 2.69 bits per heavy atom. The summed E-state index contributed by atoms with van der Waals surface area (Å²) >= 11 is 3.14. The first-order valence-corrected chi connectivity index (χ1v) is 5.83. The van der Waals surface area contributed by atoms with E-state index in [1.807, 2.05) is 36.6 Å². The van der Waals surface area contributed by atoms with E-state index in [1.165, 1.54) is 0 Å². The second-order valence-corrected chi connectivity index (χ2v) is 4.41. The van der Waals surface area contributed by atoms with E-state index < -0.39 is 0 Å². The third-order valence-electron chi connectivity index (χ3n) is 1.57. The summed E-state index contributed by atoms with van der Waals surface area (Å²) in [6, 6.07) is 10.0. The Bertz CT molecular complexity index is 386. The minimum absolute atomic E-state index is 0.888. The number of benzene rings is 1. The molecule has 1 aromatic heterocycles. The van der Waals surface area contributed by atoms with E-state index in [4.69, 9.17) is 4.52 Å². The predicted molar refractivity (Wildman–Crippen MR) is 56.0 cm³/mol. The van der Waals surface area contributed by atoms with Crippen LogP contribution in [0.4, 0.5) is 0 Å². The van der Waals surface area contributed by atoms with E-state index in [2.05, 4.69) is 5.16 Å². The third-order valence-corrected chi connectivity index (χ3v) is 3.47. The first-order valence-electron chi connectivity index (χ1n) is 3.79. The van der Waals surface area contributed by atoms with Gasteiger partial charge in [0.25, 0.3) is 0 Å². The van der Waals surface area contributed by atoms with Gasteiger partial charge in [0.05, 0.1) is 0 Å². The summed E-state index contributed by atoms with van der Waals surface area (Å²) in [5.41, 5.74) is 1.11. The Morgan fingerprint density at radius 2 is 2.08 bits per heavy atom. The summed E-state index contributed by atoms with van der Waals surface area (Å²) in [5.74, 6) is 0. The normalized spacial score (nSPS) is 10.2. The summed E-state index contributed by atoms with van der Waals surface area (Å²) in [6.45, 7) is 0. The maximum atomic E-state index is 5.10. The molecule has 66 valence electrons. The van der Waals surface area contributed by atoms with Crippen molar-refractivity contribution in [2.24, 2.45) is 0 Å². The highest BCUT2D eigenvalue weighted by Crippen LogP contribution is 2.29. The number of hydrogen-bond acceptors (Lipinski definition) is 3. The van der Waals surface area contributed by atoms with Crippen LogP contribution in [0.2, 0.25) is 0 Å². The zero-order valence-corrected chi connectivity index (χ0v) is 8.69. The highest BCUT2D eigenvalue weighted by atomic mass is 32.2. The Morgan fingerprint density at radius 1 is 1.31 bits per heavy atom. The van der Waals surface area contributed by atoms with Gasteiger partial charge in [-0.3, -0.25) is 0 Å². The molecule has 0 aliphatic heterocycles. The Kier molecular flexibility index (Phi) is 2.61. The number of nitrogens with zero attached hydrogens (tertiary/aromatic N) is 1. The van der Waals surface area contributed by atoms with Crippen LogP contribution in [0.1, 0.15) is 0 Å². The van der Waals surface area contributed by atoms with Gasteiger partial charge in [-0.2, -0.15) is 0 Å². The molecule has 0 unspecified atom stereocenters. The Labute approximate surface area is 84.6 Å². The monoisotopic (exact) mass is 210 g/mol. The van der Waals surface area contributed by atoms with Crippen molar-refractivity contribution in [3.8, 4) is 10.6 Å². The summed E-state index contributed by atoms with van der Waals surface area (Å²) in [5, 5.41) is 4.92. The summed E-state index contributed by atoms with van der Waals surface area (Å²) in [7, 11) is 0. The van der Waals surface area contributed by atoms with Crippen molar-refractivity contribution in [2.75, 3.05) is 6.26 Å². The molecule has 0 aliphatic carbocycles. The van der Waals surface area contributed by atoms with Crippen molar-refractivity contribution in [3.05, 3.63) is 30.3 Å². The van der Waals surface area contributed by atoms with Gasteiger partial charge in [-0.05, 0) is 22.5 Å². The fourth-order valence-corrected chi connectivity index (χ4v) is 2.21. The topological polar surface area (TPSA) is 24.2 Å². The molecule has 0 saturated heterocycles.